The fourth-order valence-corrected chi connectivity index (χ4v) is 1.03. The monoisotopic (exact) mass is 253 g/mol. The van der Waals surface area contributed by atoms with Gasteiger partial charge < -0.3 is 15.6 Å². The first-order chi connectivity index (χ1) is 7.07. The zero-order valence-electron chi connectivity index (χ0n) is 9.48. The van der Waals surface area contributed by atoms with Crippen molar-refractivity contribution in [2.24, 2.45) is 5.73 Å². The van der Waals surface area contributed by atoms with Crippen LogP contribution in [0, 0.1) is 0 Å². The van der Waals surface area contributed by atoms with Gasteiger partial charge in [-0.2, -0.15) is 0 Å². The van der Waals surface area contributed by atoms with Gasteiger partial charge >= 0.3 is 11.9 Å². The summed E-state index contributed by atoms with van der Waals surface area (Å²) in [5, 5.41) is 8.38. The van der Waals surface area contributed by atoms with Gasteiger partial charge in [-0.25, -0.2) is 0 Å². The number of hydrogen-bond acceptors (Lipinski definition) is 4. The molecule has 0 fully saturated rings. The molecule has 0 aliphatic rings. The summed E-state index contributed by atoms with van der Waals surface area (Å²) in [4.78, 5) is 21.4. The van der Waals surface area contributed by atoms with E-state index < -0.39 is 18.0 Å². The third-order valence-corrected chi connectivity index (χ3v) is 1.96. The lowest BCUT2D eigenvalue weighted by Crippen LogP contribution is -2.33. The van der Waals surface area contributed by atoms with E-state index in [4.69, 9.17) is 15.6 Å². The van der Waals surface area contributed by atoms with E-state index in [0.717, 1.165) is 19.3 Å². The summed E-state index contributed by atoms with van der Waals surface area (Å²) in [7, 11) is 0. The van der Waals surface area contributed by atoms with Crippen LogP contribution >= 0.6 is 12.4 Å². The highest BCUT2D eigenvalue weighted by atomic mass is 35.5. The van der Waals surface area contributed by atoms with Crippen LogP contribution in [0.15, 0.2) is 0 Å². The van der Waals surface area contributed by atoms with Crippen LogP contribution in [-0.4, -0.2) is 29.7 Å². The molecule has 0 spiro atoms. The molecule has 0 aromatic rings. The van der Waals surface area contributed by atoms with Crippen molar-refractivity contribution in [3.8, 4) is 0 Å². The summed E-state index contributed by atoms with van der Waals surface area (Å²) in [6.45, 7) is 2.42. The number of rotatable bonds is 8. The molecule has 0 rings (SSSR count). The maximum absolute atomic E-state index is 11.2. The van der Waals surface area contributed by atoms with E-state index in [1.165, 1.54) is 0 Å². The lowest BCUT2D eigenvalue weighted by Gasteiger charge is -2.09. The highest BCUT2D eigenvalue weighted by Gasteiger charge is 2.15. The minimum atomic E-state index is -0.954. The van der Waals surface area contributed by atoms with Crippen LogP contribution < -0.4 is 5.73 Å². The normalized spacial score (nSPS) is 11.4. The largest absolute Gasteiger partial charge is 0.481 e. The van der Waals surface area contributed by atoms with Crippen molar-refractivity contribution in [1.82, 2.24) is 0 Å². The lowest BCUT2D eigenvalue weighted by atomic mass is 10.2. The molecule has 0 aliphatic carbocycles. The number of carboxylic acid groups (broad SMARTS) is 1. The number of unbranched alkanes of at least 4 members (excludes halogenated alkanes) is 2. The number of carbonyl (C=O) groups is 2. The standard InChI is InChI=1S/C10H19NO4.ClH/c1-2-3-4-7-15-10(14)8(11)5-6-9(12)13;/h8H,2-7,11H2,1H3,(H,12,13);1H/t8-;/m0./s1. The maximum Gasteiger partial charge on any atom is 0.322 e. The first-order valence-corrected chi connectivity index (χ1v) is 5.22. The molecule has 0 radical (unpaired) electrons. The van der Waals surface area contributed by atoms with Gasteiger partial charge in [-0.1, -0.05) is 19.8 Å². The van der Waals surface area contributed by atoms with Crippen molar-refractivity contribution in [1.29, 1.82) is 0 Å². The van der Waals surface area contributed by atoms with Crippen LogP contribution in [-0.2, 0) is 14.3 Å². The number of carboxylic acids is 1. The van der Waals surface area contributed by atoms with Gasteiger partial charge in [0, 0.05) is 6.42 Å². The molecule has 1 atom stereocenters. The van der Waals surface area contributed by atoms with Gasteiger partial charge in [0.15, 0.2) is 0 Å². The van der Waals surface area contributed by atoms with Gasteiger partial charge in [0.05, 0.1) is 6.61 Å². The topological polar surface area (TPSA) is 89.6 Å². The van der Waals surface area contributed by atoms with Gasteiger partial charge in [0.2, 0.25) is 0 Å². The molecule has 16 heavy (non-hydrogen) atoms. The molecule has 0 saturated heterocycles. The smallest absolute Gasteiger partial charge is 0.322 e. The van der Waals surface area contributed by atoms with Crippen molar-refractivity contribution in [3.05, 3.63) is 0 Å². The Labute approximate surface area is 102 Å². The summed E-state index contributed by atoms with van der Waals surface area (Å²) in [5.74, 6) is -1.46. The van der Waals surface area contributed by atoms with Crippen LogP contribution in [0.3, 0.4) is 0 Å². The second kappa shape index (κ2) is 10.7. The number of nitrogens with two attached hydrogens (primary N) is 1. The minimum absolute atomic E-state index is 0. The maximum atomic E-state index is 11.2. The Morgan fingerprint density at radius 2 is 2.00 bits per heavy atom. The second-order valence-electron chi connectivity index (χ2n) is 3.41. The van der Waals surface area contributed by atoms with Crippen molar-refractivity contribution in [2.45, 2.75) is 45.1 Å². The van der Waals surface area contributed by atoms with Gasteiger partial charge in [-0.15, -0.1) is 12.4 Å². The predicted octanol–water partition coefficient (Wildman–Crippen LogP) is 1.33. The van der Waals surface area contributed by atoms with Crippen LogP contribution in [0.2, 0.25) is 0 Å². The molecule has 0 unspecified atom stereocenters. The quantitative estimate of drug-likeness (QED) is 0.503. The molecule has 0 aromatic heterocycles. The molecule has 0 heterocycles. The number of esters is 1. The Balaban J connectivity index is 0. The predicted molar refractivity (Wildman–Crippen MR) is 62.6 cm³/mol. The van der Waals surface area contributed by atoms with Gasteiger partial charge in [-0.3, -0.25) is 9.59 Å². The van der Waals surface area contributed by atoms with Gasteiger partial charge in [0.25, 0.3) is 0 Å². The van der Waals surface area contributed by atoms with Gasteiger partial charge in [-0.05, 0) is 12.8 Å². The summed E-state index contributed by atoms with van der Waals surface area (Å²) >= 11 is 0. The summed E-state index contributed by atoms with van der Waals surface area (Å²) in [6.07, 6.45) is 2.92. The molecule has 3 N–H and O–H groups in total. The third kappa shape index (κ3) is 9.73. The highest BCUT2D eigenvalue weighted by Crippen LogP contribution is 1.99. The highest BCUT2D eigenvalue weighted by molar-refractivity contribution is 5.85. The van der Waals surface area contributed by atoms with Crippen LogP contribution in [0.1, 0.15) is 39.0 Å². The molecule has 5 nitrogen and oxygen atoms in total. The fraction of sp³-hybridized carbons (Fsp3) is 0.800. The molecule has 96 valence electrons. The fourth-order valence-electron chi connectivity index (χ4n) is 1.03. The van der Waals surface area contributed by atoms with E-state index in [1.807, 2.05) is 0 Å². The Kier molecular flexibility index (Phi) is 11.8. The summed E-state index contributed by atoms with van der Waals surface area (Å²) in [5.41, 5.74) is 5.44. The molecule has 0 aliphatic heterocycles. The first kappa shape index (κ1) is 17.6. The number of aliphatic carboxylic acids is 1. The van der Waals surface area contributed by atoms with Crippen LogP contribution in [0.25, 0.3) is 0 Å². The summed E-state index contributed by atoms with van der Waals surface area (Å²) < 4.78 is 4.88. The Bertz CT molecular complexity index is 211. The third-order valence-electron chi connectivity index (χ3n) is 1.96. The molecule has 0 saturated carbocycles. The van der Waals surface area contributed by atoms with E-state index in [-0.39, 0.29) is 25.2 Å². The second-order valence-corrected chi connectivity index (χ2v) is 3.41. The molecule has 6 heteroatoms. The van der Waals surface area contributed by atoms with Crippen molar-refractivity contribution >= 4 is 24.3 Å². The zero-order chi connectivity index (χ0) is 11.7. The van der Waals surface area contributed by atoms with E-state index in [1.54, 1.807) is 0 Å². The molecular formula is C10H20ClNO4. The average Bonchev–Trinajstić information content (AvgIpc) is 2.20. The Morgan fingerprint density at radius 3 is 2.50 bits per heavy atom. The lowest BCUT2D eigenvalue weighted by molar-refractivity contribution is -0.145. The molecule has 0 aromatic carbocycles. The molecule has 0 bridgehead atoms. The first-order valence-electron chi connectivity index (χ1n) is 5.22. The van der Waals surface area contributed by atoms with E-state index in [2.05, 4.69) is 6.92 Å². The van der Waals surface area contributed by atoms with Crippen molar-refractivity contribution < 1.29 is 19.4 Å². The number of ether oxygens (including phenoxy) is 1. The van der Waals surface area contributed by atoms with Crippen molar-refractivity contribution in [2.75, 3.05) is 6.61 Å². The Morgan fingerprint density at radius 1 is 1.38 bits per heavy atom. The van der Waals surface area contributed by atoms with Crippen LogP contribution in [0.4, 0.5) is 0 Å². The Hall–Kier alpha value is -0.810. The van der Waals surface area contributed by atoms with E-state index in [9.17, 15) is 9.59 Å². The molecule has 0 amide bonds. The summed E-state index contributed by atoms with van der Waals surface area (Å²) in [6, 6.07) is -0.817. The average molecular weight is 254 g/mol. The zero-order valence-corrected chi connectivity index (χ0v) is 10.3. The van der Waals surface area contributed by atoms with E-state index in [0.29, 0.717) is 6.61 Å². The van der Waals surface area contributed by atoms with E-state index >= 15 is 0 Å². The number of carbonyl (C=O) groups excluding carboxylic acids is 1. The molecular weight excluding hydrogens is 234 g/mol. The van der Waals surface area contributed by atoms with Crippen molar-refractivity contribution in [3.63, 3.8) is 0 Å². The number of hydrogen-bond donors (Lipinski definition) is 2. The van der Waals surface area contributed by atoms with Crippen LogP contribution in [0.5, 0.6) is 0 Å². The van der Waals surface area contributed by atoms with Gasteiger partial charge in [0.1, 0.15) is 6.04 Å². The SMILES string of the molecule is CCCCCOC(=O)[C@@H](N)CCC(=O)O.Cl. The number of halogens is 1. The minimum Gasteiger partial charge on any atom is -0.481 e.